The lowest BCUT2D eigenvalue weighted by atomic mass is 10.1. The second kappa shape index (κ2) is 4.09. The van der Waals surface area contributed by atoms with Crippen molar-refractivity contribution < 1.29 is 14.3 Å². The van der Waals surface area contributed by atoms with Crippen LogP contribution in [0.5, 0.6) is 5.88 Å². The molecule has 1 heterocycles. The Balaban J connectivity index is 3.32. The van der Waals surface area contributed by atoms with Gasteiger partial charge in [-0.15, -0.1) is 0 Å². The molecule has 0 bridgehead atoms. The number of esters is 1. The number of hydrogen-bond donors (Lipinski definition) is 0. The van der Waals surface area contributed by atoms with Crippen LogP contribution in [-0.2, 0) is 4.74 Å². The predicted octanol–water partition coefficient (Wildman–Crippen LogP) is 1.49. The van der Waals surface area contributed by atoms with E-state index in [0.717, 1.165) is 11.3 Å². The summed E-state index contributed by atoms with van der Waals surface area (Å²) in [4.78, 5) is 15.5. The fourth-order valence-electron chi connectivity index (χ4n) is 1.30. The topological polar surface area (TPSA) is 48.4 Å². The van der Waals surface area contributed by atoms with E-state index in [2.05, 4.69) is 9.72 Å². The molecule has 0 aromatic carbocycles. The smallest absolute Gasteiger partial charge is 0.343 e. The fourth-order valence-corrected chi connectivity index (χ4v) is 1.30. The van der Waals surface area contributed by atoms with E-state index in [1.165, 1.54) is 14.2 Å². The largest absolute Gasteiger partial charge is 0.480 e. The molecular weight excluding hydrogens is 182 g/mol. The van der Waals surface area contributed by atoms with Gasteiger partial charge in [-0.1, -0.05) is 0 Å². The highest BCUT2D eigenvalue weighted by Gasteiger charge is 2.17. The van der Waals surface area contributed by atoms with E-state index in [4.69, 9.17) is 4.74 Å². The molecule has 0 amide bonds. The molecular formula is C10H13NO3. The molecule has 0 aliphatic rings. The van der Waals surface area contributed by atoms with Gasteiger partial charge in [0.2, 0.25) is 5.88 Å². The Kier molecular flexibility index (Phi) is 3.06. The Morgan fingerprint density at radius 3 is 2.50 bits per heavy atom. The monoisotopic (exact) mass is 195 g/mol. The van der Waals surface area contributed by atoms with E-state index < -0.39 is 5.97 Å². The summed E-state index contributed by atoms with van der Waals surface area (Å²) in [7, 11) is 2.81. The summed E-state index contributed by atoms with van der Waals surface area (Å²) < 4.78 is 9.66. The first kappa shape index (κ1) is 10.5. The van der Waals surface area contributed by atoms with E-state index in [1.54, 1.807) is 0 Å². The highest BCUT2D eigenvalue weighted by molar-refractivity contribution is 5.93. The lowest BCUT2D eigenvalue weighted by Crippen LogP contribution is -2.08. The van der Waals surface area contributed by atoms with Gasteiger partial charge < -0.3 is 9.47 Å². The van der Waals surface area contributed by atoms with E-state index in [0.29, 0.717) is 11.4 Å². The number of nitrogens with zero attached hydrogens (tertiary/aromatic N) is 1. The van der Waals surface area contributed by atoms with Crippen LogP contribution in [0.1, 0.15) is 21.6 Å². The second-order valence-corrected chi connectivity index (χ2v) is 2.96. The van der Waals surface area contributed by atoms with Gasteiger partial charge in [-0.05, 0) is 25.5 Å². The maximum absolute atomic E-state index is 11.4. The molecule has 1 aromatic heterocycles. The molecule has 0 saturated carbocycles. The van der Waals surface area contributed by atoms with Crippen molar-refractivity contribution in [2.24, 2.45) is 0 Å². The minimum Gasteiger partial charge on any atom is -0.480 e. The van der Waals surface area contributed by atoms with Crippen molar-refractivity contribution in [1.82, 2.24) is 4.98 Å². The van der Waals surface area contributed by atoms with E-state index in [1.807, 2.05) is 19.9 Å². The summed E-state index contributed by atoms with van der Waals surface area (Å²) in [5, 5.41) is 0. The molecule has 0 aliphatic heterocycles. The van der Waals surface area contributed by atoms with Gasteiger partial charge >= 0.3 is 5.97 Å². The number of ether oxygens (including phenoxy) is 2. The van der Waals surface area contributed by atoms with Gasteiger partial charge in [0.25, 0.3) is 0 Å². The van der Waals surface area contributed by atoms with Crippen LogP contribution < -0.4 is 4.74 Å². The van der Waals surface area contributed by atoms with E-state index >= 15 is 0 Å². The number of carbonyl (C=O) groups is 1. The van der Waals surface area contributed by atoms with E-state index in [9.17, 15) is 4.79 Å². The van der Waals surface area contributed by atoms with Crippen LogP contribution in [0.4, 0.5) is 0 Å². The Morgan fingerprint density at radius 2 is 2.00 bits per heavy atom. The first-order valence-corrected chi connectivity index (χ1v) is 4.20. The maximum Gasteiger partial charge on any atom is 0.343 e. The van der Waals surface area contributed by atoms with Crippen LogP contribution in [0, 0.1) is 13.8 Å². The van der Waals surface area contributed by atoms with Crippen molar-refractivity contribution in [1.29, 1.82) is 0 Å². The van der Waals surface area contributed by atoms with Crippen LogP contribution in [0.25, 0.3) is 0 Å². The number of methoxy groups -OCH3 is 2. The first-order chi connectivity index (χ1) is 6.60. The van der Waals surface area contributed by atoms with Crippen LogP contribution in [-0.4, -0.2) is 25.2 Å². The van der Waals surface area contributed by atoms with Gasteiger partial charge in [-0.25, -0.2) is 9.78 Å². The van der Waals surface area contributed by atoms with Crippen LogP contribution >= 0.6 is 0 Å². The summed E-state index contributed by atoms with van der Waals surface area (Å²) >= 11 is 0. The normalized spacial score (nSPS) is 9.71. The lowest BCUT2D eigenvalue weighted by molar-refractivity contribution is 0.0595. The Bertz CT molecular complexity index is 361. The molecule has 0 aliphatic carbocycles. The molecule has 0 spiro atoms. The third kappa shape index (κ3) is 1.84. The van der Waals surface area contributed by atoms with Crippen LogP contribution in [0.3, 0.4) is 0 Å². The molecule has 0 N–H and O–H groups in total. The van der Waals surface area contributed by atoms with Gasteiger partial charge in [-0.3, -0.25) is 0 Å². The van der Waals surface area contributed by atoms with Crippen molar-refractivity contribution in [2.75, 3.05) is 14.2 Å². The molecule has 0 saturated heterocycles. The van der Waals surface area contributed by atoms with Crippen molar-refractivity contribution in [3.05, 3.63) is 22.9 Å². The third-order valence-electron chi connectivity index (χ3n) is 1.89. The molecule has 0 fully saturated rings. The average molecular weight is 195 g/mol. The van der Waals surface area contributed by atoms with E-state index in [-0.39, 0.29) is 0 Å². The predicted molar refractivity (Wildman–Crippen MR) is 51.6 cm³/mol. The number of hydrogen-bond acceptors (Lipinski definition) is 4. The quantitative estimate of drug-likeness (QED) is 0.671. The molecule has 0 atom stereocenters. The maximum atomic E-state index is 11.4. The minimum absolute atomic E-state index is 0.314. The molecule has 1 aromatic rings. The molecule has 4 nitrogen and oxygen atoms in total. The van der Waals surface area contributed by atoms with Gasteiger partial charge in [0, 0.05) is 5.69 Å². The Morgan fingerprint density at radius 1 is 1.36 bits per heavy atom. The second-order valence-electron chi connectivity index (χ2n) is 2.96. The Hall–Kier alpha value is -1.58. The van der Waals surface area contributed by atoms with Crippen molar-refractivity contribution in [2.45, 2.75) is 13.8 Å². The van der Waals surface area contributed by atoms with Crippen molar-refractivity contribution in [3.63, 3.8) is 0 Å². The summed E-state index contributed by atoms with van der Waals surface area (Å²) in [6.45, 7) is 3.67. The van der Waals surface area contributed by atoms with Crippen LogP contribution in [0.15, 0.2) is 6.07 Å². The SMILES string of the molecule is COC(=O)c1c(C)cc(C)nc1OC. The molecule has 0 radical (unpaired) electrons. The zero-order chi connectivity index (χ0) is 10.7. The standard InChI is InChI=1S/C10H13NO3/c1-6-5-7(2)11-9(13-3)8(6)10(12)14-4/h5H,1-4H3. The molecule has 76 valence electrons. The minimum atomic E-state index is -0.424. The highest BCUT2D eigenvalue weighted by Crippen LogP contribution is 2.21. The number of carbonyl (C=O) groups excluding carboxylic acids is 1. The summed E-state index contributed by atoms with van der Waals surface area (Å²) in [5.41, 5.74) is 2.01. The molecule has 0 unspecified atom stereocenters. The van der Waals surface area contributed by atoms with Gasteiger partial charge in [0.1, 0.15) is 5.56 Å². The third-order valence-corrected chi connectivity index (χ3v) is 1.89. The summed E-state index contributed by atoms with van der Waals surface area (Å²) in [5.74, 6) is -0.110. The number of aryl methyl sites for hydroxylation is 2. The summed E-state index contributed by atoms with van der Waals surface area (Å²) in [6, 6.07) is 1.81. The van der Waals surface area contributed by atoms with Crippen LogP contribution in [0.2, 0.25) is 0 Å². The first-order valence-electron chi connectivity index (χ1n) is 4.20. The zero-order valence-corrected chi connectivity index (χ0v) is 8.75. The Labute approximate surface area is 82.9 Å². The zero-order valence-electron chi connectivity index (χ0n) is 8.75. The van der Waals surface area contributed by atoms with Gasteiger partial charge in [0.15, 0.2) is 0 Å². The molecule has 4 heteroatoms. The van der Waals surface area contributed by atoms with Gasteiger partial charge in [-0.2, -0.15) is 0 Å². The number of pyridine rings is 1. The molecule has 1 rings (SSSR count). The van der Waals surface area contributed by atoms with Crippen molar-refractivity contribution in [3.8, 4) is 5.88 Å². The van der Waals surface area contributed by atoms with Gasteiger partial charge in [0.05, 0.1) is 14.2 Å². The number of aromatic nitrogens is 1. The highest BCUT2D eigenvalue weighted by atomic mass is 16.5. The average Bonchev–Trinajstić information content (AvgIpc) is 2.15. The summed E-state index contributed by atoms with van der Waals surface area (Å²) in [6.07, 6.45) is 0. The lowest BCUT2D eigenvalue weighted by Gasteiger charge is -2.09. The fraction of sp³-hybridized carbons (Fsp3) is 0.400. The number of rotatable bonds is 2. The molecule has 14 heavy (non-hydrogen) atoms. The van der Waals surface area contributed by atoms with Crippen molar-refractivity contribution >= 4 is 5.97 Å².